The summed E-state index contributed by atoms with van der Waals surface area (Å²) >= 11 is 10.4. The van der Waals surface area contributed by atoms with Crippen LogP contribution in [0.5, 0.6) is 0 Å². The Balaban J connectivity index is 2.61. The zero-order valence-corrected chi connectivity index (χ0v) is 12.8. The van der Waals surface area contributed by atoms with Gasteiger partial charge >= 0.3 is 6.18 Å². The Hall–Kier alpha value is -1.41. The summed E-state index contributed by atoms with van der Waals surface area (Å²) in [4.78, 5) is 4.05. The van der Waals surface area contributed by atoms with Crippen molar-refractivity contribution in [3.05, 3.63) is 28.5 Å². The van der Waals surface area contributed by atoms with Gasteiger partial charge in [0.15, 0.2) is 0 Å². The van der Waals surface area contributed by atoms with Crippen molar-refractivity contribution in [1.29, 1.82) is 0 Å². The van der Waals surface area contributed by atoms with Crippen molar-refractivity contribution < 1.29 is 13.2 Å². The number of nitrogens with one attached hydrogen (secondary N) is 1. The van der Waals surface area contributed by atoms with E-state index in [1.807, 2.05) is 6.92 Å². The average molecular weight is 337 g/mol. The van der Waals surface area contributed by atoms with Gasteiger partial charge in [-0.2, -0.15) is 22.8 Å². The summed E-state index contributed by atoms with van der Waals surface area (Å²) in [6.45, 7) is 1.93. The third-order valence-electron chi connectivity index (χ3n) is 2.84. The quantitative estimate of drug-likeness (QED) is 0.837. The lowest BCUT2D eigenvalue weighted by atomic mass is 10.1. The van der Waals surface area contributed by atoms with Crippen LogP contribution in [-0.4, -0.2) is 21.8 Å². The number of rotatable bonds is 3. The lowest BCUT2D eigenvalue weighted by Crippen LogP contribution is -2.09. The smallest absolute Gasteiger partial charge is 0.357 e. The number of nitrogens with zero attached hydrogens (tertiary/aromatic N) is 3. The molecule has 0 bridgehead atoms. The summed E-state index contributed by atoms with van der Waals surface area (Å²) in [5.74, 6) is -1.29. The van der Waals surface area contributed by atoms with Gasteiger partial charge in [-0.3, -0.25) is 0 Å². The zero-order chi connectivity index (χ0) is 15.8. The van der Waals surface area contributed by atoms with E-state index in [9.17, 15) is 13.2 Å². The Labute approximate surface area is 129 Å². The molecule has 2 rings (SSSR count). The first kappa shape index (κ1) is 16.0. The van der Waals surface area contributed by atoms with Crippen LogP contribution in [0, 0.1) is 0 Å². The van der Waals surface area contributed by atoms with Crippen LogP contribution in [0.1, 0.15) is 18.3 Å². The number of anilines is 1. The number of halogens is 4. The molecule has 114 valence electrons. The molecule has 2 aromatic rings. The average Bonchev–Trinajstić information content (AvgIpc) is 2.84. The van der Waals surface area contributed by atoms with E-state index < -0.39 is 12.0 Å². The summed E-state index contributed by atoms with van der Waals surface area (Å²) in [6, 6.07) is 3.23. The molecule has 0 spiro atoms. The minimum absolute atomic E-state index is 0.0544. The highest BCUT2D eigenvalue weighted by Gasteiger charge is 2.37. The van der Waals surface area contributed by atoms with E-state index in [4.69, 9.17) is 11.6 Å². The minimum Gasteiger partial charge on any atom is -0.357 e. The standard InChI is InChI=1S/C12H12ClF3N4S/c1-3-6-4-7(13)8(5-9(6)21)20-11(17-2)18-10(19-20)12(14,15)16/h4-5,21H,3H2,1-2H3,(H,17,18,19). The van der Waals surface area contributed by atoms with E-state index in [-0.39, 0.29) is 16.7 Å². The maximum Gasteiger partial charge on any atom is 0.453 e. The van der Waals surface area contributed by atoms with Crippen molar-refractivity contribution in [1.82, 2.24) is 14.8 Å². The first-order chi connectivity index (χ1) is 9.77. The molecule has 9 heteroatoms. The zero-order valence-electron chi connectivity index (χ0n) is 11.2. The lowest BCUT2D eigenvalue weighted by molar-refractivity contribution is -0.144. The largest absolute Gasteiger partial charge is 0.453 e. The number of alkyl halides is 3. The van der Waals surface area contributed by atoms with Gasteiger partial charge in [-0.15, -0.1) is 17.7 Å². The third-order valence-corrected chi connectivity index (χ3v) is 3.56. The van der Waals surface area contributed by atoms with Gasteiger partial charge in [0.1, 0.15) is 0 Å². The van der Waals surface area contributed by atoms with Gasteiger partial charge in [0.2, 0.25) is 5.95 Å². The number of benzene rings is 1. The summed E-state index contributed by atoms with van der Waals surface area (Å²) in [7, 11) is 1.45. The highest BCUT2D eigenvalue weighted by molar-refractivity contribution is 7.80. The topological polar surface area (TPSA) is 42.7 Å². The summed E-state index contributed by atoms with van der Waals surface area (Å²) in [5, 5.41) is 6.32. The van der Waals surface area contributed by atoms with Gasteiger partial charge in [-0.05, 0) is 24.1 Å². The van der Waals surface area contributed by atoms with Gasteiger partial charge in [0.05, 0.1) is 10.7 Å². The molecule has 1 heterocycles. The predicted octanol–water partition coefficient (Wildman–Crippen LogP) is 3.83. The molecule has 0 saturated heterocycles. The van der Waals surface area contributed by atoms with Crippen LogP contribution >= 0.6 is 24.2 Å². The predicted molar refractivity (Wildman–Crippen MR) is 77.5 cm³/mol. The van der Waals surface area contributed by atoms with Crippen molar-refractivity contribution in [3.63, 3.8) is 0 Å². The SMILES string of the molecule is CCc1cc(Cl)c(-n2nc(C(F)(F)F)nc2NC)cc1S. The van der Waals surface area contributed by atoms with Crippen LogP contribution in [0.4, 0.5) is 19.1 Å². The van der Waals surface area contributed by atoms with Gasteiger partial charge in [0.25, 0.3) is 5.82 Å². The fraction of sp³-hybridized carbons (Fsp3) is 0.333. The molecular formula is C12H12ClF3N4S. The Bertz CT molecular complexity index is 669. The molecule has 0 radical (unpaired) electrons. The van der Waals surface area contributed by atoms with Crippen LogP contribution in [0.25, 0.3) is 5.69 Å². The molecular weight excluding hydrogens is 325 g/mol. The van der Waals surface area contributed by atoms with E-state index in [1.165, 1.54) is 7.05 Å². The molecule has 4 nitrogen and oxygen atoms in total. The maximum absolute atomic E-state index is 12.7. The van der Waals surface area contributed by atoms with E-state index in [2.05, 4.69) is 28.0 Å². The second-order valence-electron chi connectivity index (χ2n) is 4.20. The lowest BCUT2D eigenvalue weighted by Gasteiger charge is -2.10. The summed E-state index contributed by atoms with van der Waals surface area (Å²) in [6.07, 6.45) is -3.92. The fourth-order valence-corrected chi connectivity index (χ4v) is 2.41. The maximum atomic E-state index is 12.7. The number of aryl methyl sites for hydroxylation is 1. The Kier molecular flexibility index (Phi) is 4.38. The van der Waals surface area contributed by atoms with E-state index in [1.54, 1.807) is 12.1 Å². The van der Waals surface area contributed by atoms with Crippen LogP contribution in [0.15, 0.2) is 17.0 Å². The molecule has 21 heavy (non-hydrogen) atoms. The molecule has 0 amide bonds. The van der Waals surface area contributed by atoms with Crippen LogP contribution in [0.2, 0.25) is 5.02 Å². The molecule has 1 N–H and O–H groups in total. The third kappa shape index (κ3) is 3.11. The molecule has 0 unspecified atom stereocenters. The molecule has 0 aliphatic rings. The molecule has 1 aromatic heterocycles. The Morgan fingerprint density at radius 1 is 1.38 bits per heavy atom. The number of hydrogen-bond donors (Lipinski definition) is 2. The molecule has 0 atom stereocenters. The van der Waals surface area contributed by atoms with Gasteiger partial charge in [-0.25, -0.2) is 0 Å². The van der Waals surface area contributed by atoms with Crippen LogP contribution in [0.3, 0.4) is 0 Å². The van der Waals surface area contributed by atoms with Crippen molar-refractivity contribution in [2.45, 2.75) is 24.4 Å². The van der Waals surface area contributed by atoms with E-state index in [0.29, 0.717) is 11.3 Å². The summed E-state index contributed by atoms with van der Waals surface area (Å²) in [5.41, 5.74) is 1.18. The monoisotopic (exact) mass is 336 g/mol. The van der Waals surface area contributed by atoms with Crippen molar-refractivity contribution >= 4 is 30.2 Å². The second-order valence-corrected chi connectivity index (χ2v) is 5.09. The first-order valence-electron chi connectivity index (χ1n) is 6.01. The highest BCUT2D eigenvalue weighted by atomic mass is 35.5. The summed E-state index contributed by atoms with van der Waals surface area (Å²) < 4.78 is 39.2. The van der Waals surface area contributed by atoms with Crippen molar-refractivity contribution in [2.24, 2.45) is 0 Å². The normalized spacial score (nSPS) is 11.8. The van der Waals surface area contributed by atoms with E-state index >= 15 is 0 Å². The van der Waals surface area contributed by atoms with Crippen LogP contribution < -0.4 is 5.32 Å². The molecule has 0 saturated carbocycles. The van der Waals surface area contributed by atoms with Gasteiger partial charge in [-0.1, -0.05) is 18.5 Å². The number of aromatic nitrogens is 3. The molecule has 0 aliphatic heterocycles. The van der Waals surface area contributed by atoms with Crippen molar-refractivity contribution in [3.8, 4) is 5.69 Å². The number of hydrogen-bond acceptors (Lipinski definition) is 4. The molecule has 0 fully saturated rings. The number of thiol groups is 1. The Morgan fingerprint density at radius 2 is 2.05 bits per heavy atom. The second kappa shape index (κ2) is 5.76. The first-order valence-corrected chi connectivity index (χ1v) is 6.84. The van der Waals surface area contributed by atoms with Gasteiger partial charge < -0.3 is 5.32 Å². The molecule has 0 aliphatic carbocycles. The minimum atomic E-state index is -4.63. The van der Waals surface area contributed by atoms with Crippen molar-refractivity contribution in [2.75, 3.05) is 12.4 Å². The van der Waals surface area contributed by atoms with Crippen LogP contribution in [-0.2, 0) is 12.6 Å². The van der Waals surface area contributed by atoms with E-state index in [0.717, 1.165) is 10.2 Å². The van der Waals surface area contributed by atoms with Gasteiger partial charge in [0, 0.05) is 11.9 Å². The highest BCUT2D eigenvalue weighted by Crippen LogP contribution is 2.32. The fourth-order valence-electron chi connectivity index (χ4n) is 1.80. The molecule has 1 aromatic carbocycles. The Morgan fingerprint density at radius 3 is 2.57 bits per heavy atom.